The first-order chi connectivity index (χ1) is 17.8. The molecule has 10 nitrogen and oxygen atoms in total. The van der Waals surface area contributed by atoms with Gasteiger partial charge in [0, 0.05) is 42.0 Å². The van der Waals surface area contributed by atoms with Gasteiger partial charge in [0.1, 0.15) is 10.6 Å². The first-order valence-corrected chi connectivity index (χ1v) is 14.8. The maximum atomic E-state index is 13.6. The number of rotatable bonds is 8. The van der Waals surface area contributed by atoms with E-state index < -0.39 is 14.6 Å². The molecule has 0 spiro atoms. The fraction of sp³-hybridized carbons (Fsp3) is 0.417. The van der Waals surface area contributed by atoms with Crippen molar-refractivity contribution in [1.29, 1.82) is 0 Å². The van der Waals surface area contributed by atoms with E-state index in [0.717, 1.165) is 22.6 Å². The monoisotopic (exact) mass is 560 g/mol. The van der Waals surface area contributed by atoms with E-state index in [-0.39, 0.29) is 17.0 Å². The van der Waals surface area contributed by atoms with Gasteiger partial charge in [-0.1, -0.05) is 0 Å². The third kappa shape index (κ3) is 5.18. The molecule has 0 unspecified atom stereocenters. The van der Waals surface area contributed by atoms with Crippen LogP contribution in [0.1, 0.15) is 25.5 Å². The van der Waals surface area contributed by atoms with E-state index in [1.165, 1.54) is 6.20 Å². The van der Waals surface area contributed by atoms with Gasteiger partial charge in [-0.2, -0.15) is 0 Å². The number of aromatic nitrogens is 3. The normalized spacial score (nSPS) is 18.9. The third-order valence-electron chi connectivity index (χ3n) is 6.50. The molecule has 5 rings (SSSR count). The summed E-state index contributed by atoms with van der Waals surface area (Å²) < 4.78 is 31.9. The predicted octanol–water partition coefficient (Wildman–Crippen LogP) is 2.57. The highest BCUT2D eigenvalue weighted by Crippen LogP contribution is 2.55. The highest BCUT2D eigenvalue weighted by atomic mass is 32.2. The van der Waals surface area contributed by atoms with E-state index in [9.17, 15) is 8.42 Å². The van der Waals surface area contributed by atoms with Gasteiger partial charge in [-0.15, -0.1) is 11.3 Å². The summed E-state index contributed by atoms with van der Waals surface area (Å²) in [6.07, 6.45) is 2.50. The molecule has 3 N–H and O–H groups in total. The Balaban J connectivity index is 1.52. The molecule has 1 aliphatic carbocycles. The van der Waals surface area contributed by atoms with Gasteiger partial charge >= 0.3 is 0 Å². The largest absolute Gasteiger partial charge is 0.395 e. The van der Waals surface area contributed by atoms with Gasteiger partial charge in [0.15, 0.2) is 10.9 Å². The second-order valence-electron chi connectivity index (χ2n) is 9.03. The lowest BCUT2D eigenvalue weighted by molar-refractivity contribution is 0.0985. The van der Waals surface area contributed by atoms with Crippen molar-refractivity contribution in [1.82, 2.24) is 20.3 Å². The number of aliphatic hydroxyl groups excluding tert-OH is 1. The molecule has 196 valence electrons. The van der Waals surface area contributed by atoms with Crippen molar-refractivity contribution >= 4 is 50.0 Å². The van der Waals surface area contributed by atoms with Crippen molar-refractivity contribution in [2.45, 2.75) is 34.9 Å². The van der Waals surface area contributed by atoms with Crippen LogP contribution in [0.25, 0.3) is 11.4 Å². The molecule has 0 bridgehead atoms. The number of nitrogens with zero attached hydrogens (tertiary/aromatic N) is 4. The van der Waals surface area contributed by atoms with Gasteiger partial charge in [-0.05, 0) is 56.2 Å². The molecular weight excluding hydrogens is 533 g/mol. The molecule has 2 aliphatic rings. The summed E-state index contributed by atoms with van der Waals surface area (Å²) in [6, 6.07) is 9.37. The van der Waals surface area contributed by atoms with Crippen LogP contribution in [-0.2, 0) is 19.3 Å². The summed E-state index contributed by atoms with van der Waals surface area (Å²) in [6.45, 7) is 4.21. The van der Waals surface area contributed by atoms with E-state index in [1.807, 2.05) is 30.3 Å². The number of ether oxygens (including phenoxy) is 1. The van der Waals surface area contributed by atoms with Crippen LogP contribution in [0, 0.1) is 0 Å². The van der Waals surface area contributed by atoms with Crippen LogP contribution in [0.15, 0.2) is 46.2 Å². The highest BCUT2D eigenvalue weighted by molar-refractivity contribution is 7.94. The molecule has 13 heteroatoms. The Morgan fingerprint density at radius 1 is 1.30 bits per heavy atom. The minimum Gasteiger partial charge on any atom is -0.395 e. The van der Waals surface area contributed by atoms with Crippen LogP contribution in [0.3, 0.4) is 0 Å². The van der Waals surface area contributed by atoms with Crippen LogP contribution in [-0.4, -0.2) is 72.5 Å². The number of thiocarbonyl (C=S) groups is 1. The van der Waals surface area contributed by atoms with Gasteiger partial charge in [0.25, 0.3) is 0 Å². The predicted molar refractivity (Wildman–Crippen MR) is 147 cm³/mol. The first-order valence-electron chi connectivity index (χ1n) is 12.0. The molecule has 0 amide bonds. The number of nitrogens with one attached hydrogen (secondary N) is 2. The van der Waals surface area contributed by atoms with Gasteiger partial charge in [0.05, 0.1) is 31.6 Å². The summed E-state index contributed by atoms with van der Waals surface area (Å²) >= 11 is 6.36. The molecule has 2 aromatic heterocycles. The number of sulfone groups is 1. The maximum Gasteiger partial charge on any atom is 0.216 e. The summed E-state index contributed by atoms with van der Waals surface area (Å²) in [5.74, 6) is 1.15. The number of thiazole rings is 1. The summed E-state index contributed by atoms with van der Waals surface area (Å²) in [4.78, 5) is 15.9. The Bertz CT molecular complexity index is 1360. The van der Waals surface area contributed by atoms with Crippen molar-refractivity contribution < 1.29 is 18.3 Å². The molecule has 3 heterocycles. The smallest absolute Gasteiger partial charge is 0.216 e. The zero-order valence-corrected chi connectivity index (χ0v) is 22.7. The molecule has 37 heavy (non-hydrogen) atoms. The topological polar surface area (TPSA) is 130 Å². The molecule has 1 atom stereocenters. The standard InChI is InChI=1S/C24H28N6O4S3/c1-16-15-34-12-10-30(16)20-14-19(24(6-7-24)37(32,33)23-26-9-13-36-23)28-21(29-20)17-2-4-18(5-3-17)27-22(35)25-8-11-31/h2-5,9,13-14,16,31H,6-8,10-12,15H2,1H3,(H2,25,27,35)/t16-/m0/s1. The highest BCUT2D eigenvalue weighted by Gasteiger charge is 2.59. The van der Waals surface area contributed by atoms with Crippen LogP contribution in [0.5, 0.6) is 0 Å². The fourth-order valence-corrected chi connectivity index (χ4v) is 7.63. The van der Waals surface area contributed by atoms with Crippen LogP contribution >= 0.6 is 23.6 Å². The molecule has 1 aromatic carbocycles. The SMILES string of the molecule is C[C@H]1COCCN1c1cc(C2(S(=O)(=O)c3nccs3)CC2)nc(-c2ccc(NC(=S)NCCO)cc2)n1. The van der Waals surface area contributed by atoms with E-state index in [2.05, 4.69) is 27.4 Å². The van der Waals surface area contributed by atoms with E-state index in [0.29, 0.717) is 61.6 Å². The Morgan fingerprint density at radius 2 is 2.08 bits per heavy atom. The van der Waals surface area contributed by atoms with Crippen LogP contribution in [0.2, 0.25) is 0 Å². The molecule has 1 saturated carbocycles. The van der Waals surface area contributed by atoms with Crippen molar-refractivity contribution in [3.05, 3.63) is 47.6 Å². The van der Waals surface area contributed by atoms with Crippen LogP contribution in [0.4, 0.5) is 11.5 Å². The average Bonchev–Trinajstić information content (AvgIpc) is 3.54. The Hall–Kier alpha value is -2.71. The lowest BCUT2D eigenvalue weighted by Gasteiger charge is -2.34. The molecule has 1 aliphatic heterocycles. The Morgan fingerprint density at radius 3 is 2.73 bits per heavy atom. The van der Waals surface area contributed by atoms with Crippen LogP contribution < -0.4 is 15.5 Å². The maximum absolute atomic E-state index is 13.6. The Labute approximate surface area is 225 Å². The van der Waals surface area contributed by atoms with Gasteiger partial charge < -0.3 is 25.4 Å². The second-order valence-corrected chi connectivity index (χ2v) is 12.8. The van der Waals surface area contributed by atoms with Gasteiger partial charge in [-0.3, -0.25) is 0 Å². The minimum absolute atomic E-state index is 0.0156. The number of hydrogen-bond acceptors (Lipinski definition) is 10. The number of aliphatic hydroxyl groups is 1. The van der Waals surface area contributed by atoms with E-state index in [1.54, 1.807) is 5.38 Å². The van der Waals surface area contributed by atoms with E-state index >= 15 is 0 Å². The Kier molecular flexibility index (Phi) is 7.41. The second kappa shape index (κ2) is 10.6. The minimum atomic E-state index is -3.70. The molecule has 1 saturated heterocycles. The summed E-state index contributed by atoms with van der Waals surface area (Å²) in [5.41, 5.74) is 2.02. The van der Waals surface area contributed by atoms with Crippen molar-refractivity contribution in [2.75, 3.05) is 43.1 Å². The lowest BCUT2D eigenvalue weighted by Crippen LogP contribution is -2.44. The average molecular weight is 561 g/mol. The third-order valence-corrected chi connectivity index (χ3v) is 10.5. The van der Waals surface area contributed by atoms with Crippen molar-refractivity contribution in [3.63, 3.8) is 0 Å². The van der Waals surface area contributed by atoms with Gasteiger partial charge in [-0.25, -0.2) is 23.4 Å². The zero-order valence-electron chi connectivity index (χ0n) is 20.3. The first kappa shape index (κ1) is 25.9. The number of benzene rings is 1. The number of hydrogen-bond donors (Lipinski definition) is 3. The fourth-order valence-electron chi connectivity index (χ4n) is 4.35. The lowest BCUT2D eigenvalue weighted by atomic mass is 10.1. The number of morpholine rings is 1. The zero-order chi connectivity index (χ0) is 26.0. The van der Waals surface area contributed by atoms with Crippen molar-refractivity contribution in [3.8, 4) is 11.4 Å². The molecular formula is C24H28N6O4S3. The molecule has 3 aromatic rings. The number of anilines is 2. The summed E-state index contributed by atoms with van der Waals surface area (Å²) in [5, 5.41) is 17.0. The quantitative estimate of drug-likeness (QED) is 0.352. The molecule has 2 fully saturated rings. The summed E-state index contributed by atoms with van der Waals surface area (Å²) in [7, 11) is -3.70. The van der Waals surface area contributed by atoms with E-state index in [4.69, 9.17) is 32.0 Å². The van der Waals surface area contributed by atoms with Gasteiger partial charge in [0.2, 0.25) is 14.2 Å². The molecule has 0 radical (unpaired) electrons. The van der Waals surface area contributed by atoms with Crippen molar-refractivity contribution in [2.24, 2.45) is 0 Å².